The number of nitrogens with one attached hydrogen (secondary N) is 2. The fraction of sp³-hybridized carbons (Fsp3) is 0.467. The van der Waals surface area contributed by atoms with E-state index >= 15 is 0 Å². The largest absolute Gasteiger partial charge is 0.354 e. The van der Waals surface area contributed by atoms with Crippen LogP contribution in [0.4, 0.5) is 4.39 Å². The molecule has 0 saturated carbocycles. The molecule has 1 saturated heterocycles. The zero-order valence-corrected chi connectivity index (χ0v) is 15.4. The summed E-state index contributed by atoms with van der Waals surface area (Å²) in [5.41, 5.74) is 0.109. The summed E-state index contributed by atoms with van der Waals surface area (Å²) in [6, 6.07) is 3.11. The second-order valence-corrected chi connectivity index (χ2v) is 8.92. The normalized spacial score (nSPS) is 20.4. The van der Waals surface area contributed by atoms with E-state index in [1.54, 1.807) is 0 Å². The van der Waals surface area contributed by atoms with Gasteiger partial charge in [0.15, 0.2) is 9.84 Å². The predicted octanol–water partition coefficient (Wildman–Crippen LogP) is 1.26. The first-order valence-corrected chi connectivity index (χ1v) is 10.0. The molecule has 0 bridgehead atoms. The summed E-state index contributed by atoms with van der Waals surface area (Å²) < 4.78 is 36.4. The average Bonchev–Trinajstić information content (AvgIpc) is 2.86. The Morgan fingerprint density at radius 1 is 1.42 bits per heavy atom. The molecule has 2 atom stereocenters. The first kappa shape index (κ1) is 18.9. The average molecular weight is 421 g/mol. The quantitative estimate of drug-likeness (QED) is 0.749. The van der Waals surface area contributed by atoms with Crippen molar-refractivity contribution in [1.82, 2.24) is 10.6 Å². The lowest BCUT2D eigenvalue weighted by Gasteiger charge is -2.16. The topological polar surface area (TPSA) is 92.3 Å². The standard InChI is InChI=1S/C15H18BrFN2O4S/c1-9(14(20)18-7-10-4-5-24(22,23)8-10)19-15(21)11-2-3-12(16)13(17)6-11/h2-3,6,9-10H,4-5,7-8H2,1H3,(H,18,20)(H,19,21). The van der Waals surface area contributed by atoms with Crippen molar-refractivity contribution in [2.45, 2.75) is 19.4 Å². The molecule has 1 fully saturated rings. The van der Waals surface area contributed by atoms with Crippen LogP contribution in [0, 0.1) is 11.7 Å². The Balaban J connectivity index is 1.84. The summed E-state index contributed by atoms with van der Waals surface area (Å²) in [5, 5.41) is 5.12. The van der Waals surface area contributed by atoms with Crippen LogP contribution in [0.25, 0.3) is 0 Å². The molecule has 2 amide bonds. The van der Waals surface area contributed by atoms with E-state index in [0.717, 1.165) is 6.07 Å². The first-order valence-electron chi connectivity index (χ1n) is 7.42. The van der Waals surface area contributed by atoms with E-state index < -0.39 is 33.5 Å². The zero-order valence-electron chi connectivity index (χ0n) is 13.0. The number of sulfone groups is 1. The van der Waals surface area contributed by atoms with Crippen molar-refractivity contribution in [3.63, 3.8) is 0 Å². The Kier molecular flexibility index (Phi) is 5.97. The summed E-state index contributed by atoms with van der Waals surface area (Å²) in [4.78, 5) is 24.0. The molecule has 0 radical (unpaired) electrons. The first-order chi connectivity index (χ1) is 11.2. The number of amides is 2. The van der Waals surface area contributed by atoms with E-state index in [9.17, 15) is 22.4 Å². The molecular formula is C15H18BrFN2O4S. The molecule has 0 aliphatic carbocycles. The summed E-state index contributed by atoms with van der Waals surface area (Å²) in [7, 11) is -2.99. The highest BCUT2D eigenvalue weighted by molar-refractivity contribution is 9.10. The molecule has 1 aromatic rings. The van der Waals surface area contributed by atoms with Crippen molar-refractivity contribution in [1.29, 1.82) is 0 Å². The van der Waals surface area contributed by atoms with Crippen LogP contribution in [-0.2, 0) is 14.6 Å². The van der Waals surface area contributed by atoms with Crippen LogP contribution in [0.1, 0.15) is 23.7 Å². The van der Waals surface area contributed by atoms with Crippen molar-refractivity contribution in [3.05, 3.63) is 34.1 Å². The number of carbonyl (C=O) groups is 2. The van der Waals surface area contributed by atoms with Crippen molar-refractivity contribution < 1.29 is 22.4 Å². The highest BCUT2D eigenvalue weighted by atomic mass is 79.9. The Morgan fingerprint density at radius 2 is 2.12 bits per heavy atom. The van der Waals surface area contributed by atoms with E-state index in [4.69, 9.17) is 0 Å². The van der Waals surface area contributed by atoms with Gasteiger partial charge in [0.25, 0.3) is 5.91 Å². The van der Waals surface area contributed by atoms with Gasteiger partial charge < -0.3 is 10.6 Å². The summed E-state index contributed by atoms with van der Waals surface area (Å²) in [6.45, 7) is 1.76. The Bertz CT molecular complexity index is 754. The van der Waals surface area contributed by atoms with Crippen LogP contribution < -0.4 is 10.6 Å². The molecule has 0 aromatic heterocycles. The van der Waals surface area contributed by atoms with Crippen molar-refractivity contribution in [3.8, 4) is 0 Å². The van der Waals surface area contributed by atoms with Gasteiger partial charge in [0.2, 0.25) is 5.91 Å². The number of hydrogen-bond acceptors (Lipinski definition) is 4. The molecule has 2 unspecified atom stereocenters. The van der Waals surface area contributed by atoms with Crippen LogP contribution in [0.5, 0.6) is 0 Å². The number of hydrogen-bond donors (Lipinski definition) is 2. The van der Waals surface area contributed by atoms with Gasteiger partial charge in [-0.25, -0.2) is 12.8 Å². The lowest BCUT2D eigenvalue weighted by molar-refractivity contribution is -0.122. The lowest BCUT2D eigenvalue weighted by Crippen LogP contribution is -2.46. The molecular weight excluding hydrogens is 403 g/mol. The molecule has 0 spiro atoms. The maximum Gasteiger partial charge on any atom is 0.252 e. The molecule has 132 valence electrons. The minimum absolute atomic E-state index is 0.0756. The highest BCUT2D eigenvalue weighted by Gasteiger charge is 2.28. The highest BCUT2D eigenvalue weighted by Crippen LogP contribution is 2.18. The second kappa shape index (κ2) is 7.60. The minimum Gasteiger partial charge on any atom is -0.354 e. The molecule has 6 nitrogen and oxygen atoms in total. The third-order valence-electron chi connectivity index (χ3n) is 3.81. The predicted molar refractivity (Wildman–Crippen MR) is 90.8 cm³/mol. The zero-order chi connectivity index (χ0) is 17.9. The van der Waals surface area contributed by atoms with Crippen molar-refractivity contribution in [2.24, 2.45) is 5.92 Å². The fourth-order valence-electron chi connectivity index (χ4n) is 2.41. The summed E-state index contributed by atoms with van der Waals surface area (Å²) >= 11 is 3.00. The summed E-state index contributed by atoms with van der Waals surface area (Å²) in [5.74, 6) is -1.41. The van der Waals surface area contributed by atoms with E-state index in [0.29, 0.717) is 6.42 Å². The van der Waals surface area contributed by atoms with Crippen molar-refractivity contribution in [2.75, 3.05) is 18.1 Å². The van der Waals surface area contributed by atoms with Gasteiger partial charge in [-0.15, -0.1) is 0 Å². The van der Waals surface area contributed by atoms with Gasteiger partial charge in [0, 0.05) is 12.1 Å². The van der Waals surface area contributed by atoms with Gasteiger partial charge in [0.1, 0.15) is 11.9 Å². The number of carbonyl (C=O) groups excluding carboxylic acids is 2. The third-order valence-corrected chi connectivity index (χ3v) is 6.29. The second-order valence-electron chi connectivity index (χ2n) is 5.84. The molecule has 1 heterocycles. The Labute approximate surface area is 148 Å². The summed E-state index contributed by atoms with van der Waals surface area (Å²) in [6.07, 6.45) is 0.529. The van der Waals surface area contributed by atoms with Gasteiger partial charge in [-0.2, -0.15) is 0 Å². The molecule has 9 heteroatoms. The van der Waals surface area contributed by atoms with Crippen molar-refractivity contribution >= 4 is 37.6 Å². The molecule has 24 heavy (non-hydrogen) atoms. The van der Waals surface area contributed by atoms with Crippen LogP contribution in [0.3, 0.4) is 0 Å². The number of benzene rings is 1. The van der Waals surface area contributed by atoms with E-state index in [1.165, 1.54) is 19.1 Å². The van der Waals surface area contributed by atoms with Gasteiger partial charge >= 0.3 is 0 Å². The van der Waals surface area contributed by atoms with Crippen LogP contribution in [0.2, 0.25) is 0 Å². The monoisotopic (exact) mass is 420 g/mol. The Hall–Kier alpha value is -1.48. The van der Waals surface area contributed by atoms with Crippen LogP contribution in [-0.4, -0.2) is 44.3 Å². The molecule has 2 rings (SSSR count). The molecule has 2 N–H and O–H groups in total. The maximum absolute atomic E-state index is 13.4. The Morgan fingerprint density at radius 3 is 2.71 bits per heavy atom. The molecule has 1 aromatic carbocycles. The lowest BCUT2D eigenvalue weighted by atomic mass is 10.1. The van der Waals surface area contributed by atoms with Gasteiger partial charge in [0.05, 0.1) is 16.0 Å². The SMILES string of the molecule is CC(NC(=O)c1ccc(Br)c(F)c1)C(=O)NCC1CCS(=O)(=O)C1. The van der Waals surface area contributed by atoms with E-state index in [2.05, 4.69) is 26.6 Å². The maximum atomic E-state index is 13.4. The smallest absolute Gasteiger partial charge is 0.252 e. The fourth-order valence-corrected chi connectivity index (χ4v) is 4.52. The van der Waals surface area contributed by atoms with Gasteiger partial charge in [-0.05, 0) is 53.4 Å². The third kappa shape index (κ3) is 5.01. The van der Waals surface area contributed by atoms with E-state index in [-0.39, 0.29) is 34.0 Å². The van der Waals surface area contributed by atoms with Crippen LogP contribution >= 0.6 is 15.9 Å². The minimum atomic E-state index is -2.99. The van der Waals surface area contributed by atoms with Gasteiger partial charge in [-0.3, -0.25) is 9.59 Å². The van der Waals surface area contributed by atoms with E-state index in [1.807, 2.05) is 0 Å². The molecule has 1 aliphatic heterocycles. The molecule has 1 aliphatic rings. The van der Waals surface area contributed by atoms with Crippen LogP contribution in [0.15, 0.2) is 22.7 Å². The number of halogens is 2. The number of rotatable bonds is 5. The van der Waals surface area contributed by atoms with Gasteiger partial charge in [-0.1, -0.05) is 0 Å².